The summed E-state index contributed by atoms with van der Waals surface area (Å²) in [6.07, 6.45) is 0. The predicted octanol–water partition coefficient (Wildman–Crippen LogP) is -0.564. The van der Waals surface area contributed by atoms with Gasteiger partial charge in [0.2, 0.25) is 11.8 Å². The van der Waals surface area contributed by atoms with Crippen LogP contribution in [0, 0.1) is 0 Å². The number of oxime groups is 1. The summed E-state index contributed by atoms with van der Waals surface area (Å²) in [6, 6.07) is -1.55. The summed E-state index contributed by atoms with van der Waals surface area (Å²) in [7, 11) is 1.24. The SMILES string of the molecule is CON=C(C(=O)NC1C(=O)NC1COC(=O)CCl)c1csc(NC(=O)CCl)n1. The van der Waals surface area contributed by atoms with E-state index in [9.17, 15) is 19.2 Å². The molecule has 0 radical (unpaired) electrons. The molecular weight excluding hydrogens is 437 g/mol. The lowest BCUT2D eigenvalue weighted by Crippen LogP contribution is -2.71. The zero-order valence-corrected chi connectivity index (χ0v) is 16.7. The summed E-state index contributed by atoms with van der Waals surface area (Å²) in [5, 5.41) is 12.7. The molecule has 1 saturated heterocycles. The molecule has 2 rings (SSSR count). The van der Waals surface area contributed by atoms with Crippen LogP contribution >= 0.6 is 34.5 Å². The van der Waals surface area contributed by atoms with E-state index in [1.165, 1.54) is 12.5 Å². The van der Waals surface area contributed by atoms with Gasteiger partial charge in [-0.25, -0.2) is 4.98 Å². The quantitative estimate of drug-likeness (QED) is 0.150. The van der Waals surface area contributed by atoms with Crippen molar-refractivity contribution in [1.29, 1.82) is 0 Å². The summed E-state index contributed by atoms with van der Waals surface area (Å²) >= 11 is 11.8. The first kappa shape index (κ1) is 21.9. The molecule has 28 heavy (non-hydrogen) atoms. The fraction of sp³-hybridized carbons (Fsp3) is 0.429. The Labute approximate surface area is 172 Å². The molecule has 14 heteroatoms. The monoisotopic (exact) mass is 451 g/mol. The van der Waals surface area contributed by atoms with E-state index in [2.05, 4.69) is 30.9 Å². The predicted molar refractivity (Wildman–Crippen MR) is 101 cm³/mol. The van der Waals surface area contributed by atoms with Gasteiger partial charge in [-0.1, -0.05) is 5.16 Å². The van der Waals surface area contributed by atoms with Crippen molar-refractivity contribution in [2.24, 2.45) is 5.16 Å². The van der Waals surface area contributed by atoms with Gasteiger partial charge in [0, 0.05) is 5.38 Å². The van der Waals surface area contributed by atoms with Gasteiger partial charge in [-0.05, 0) is 0 Å². The van der Waals surface area contributed by atoms with Crippen molar-refractivity contribution in [1.82, 2.24) is 15.6 Å². The third kappa shape index (κ3) is 5.53. The van der Waals surface area contributed by atoms with Gasteiger partial charge < -0.3 is 25.5 Å². The lowest BCUT2D eigenvalue weighted by Gasteiger charge is -2.36. The molecule has 1 fully saturated rings. The standard InChI is InChI=1S/C14H15Cl2N5O6S/c1-26-21-11(7-5-28-14(18-7)19-8(22)2-15)13(25)20-10-6(17-12(10)24)4-27-9(23)3-16/h5-6,10H,2-4H2,1H3,(H,17,24)(H,20,25)(H,18,19,22). The number of carbonyl (C=O) groups is 4. The minimum absolute atomic E-state index is 0.124. The van der Waals surface area contributed by atoms with Gasteiger partial charge in [-0.3, -0.25) is 19.2 Å². The summed E-state index contributed by atoms with van der Waals surface area (Å²) in [5.41, 5.74) is -0.0830. The molecule has 1 aromatic heterocycles. The Morgan fingerprint density at radius 3 is 2.71 bits per heavy atom. The highest BCUT2D eigenvalue weighted by atomic mass is 35.5. The lowest BCUT2D eigenvalue weighted by atomic mass is 9.99. The first-order valence-corrected chi connectivity index (χ1v) is 9.60. The minimum atomic E-state index is -0.938. The van der Waals surface area contributed by atoms with Gasteiger partial charge in [-0.2, -0.15) is 0 Å². The third-order valence-electron chi connectivity index (χ3n) is 3.34. The summed E-state index contributed by atoms with van der Waals surface area (Å²) < 4.78 is 4.85. The van der Waals surface area contributed by atoms with E-state index < -0.39 is 35.8 Å². The average Bonchev–Trinajstić information content (AvgIpc) is 3.14. The van der Waals surface area contributed by atoms with Crippen LogP contribution in [0.4, 0.5) is 5.13 Å². The number of rotatable bonds is 9. The van der Waals surface area contributed by atoms with E-state index in [-0.39, 0.29) is 34.9 Å². The van der Waals surface area contributed by atoms with Gasteiger partial charge in [0.15, 0.2) is 10.8 Å². The Morgan fingerprint density at radius 2 is 2.11 bits per heavy atom. The zero-order valence-electron chi connectivity index (χ0n) is 14.4. The number of anilines is 1. The van der Waals surface area contributed by atoms with E-state index in [0.717, 1.165) is 11.3 Å². The van der Waals surface area contributed by atoms with E-state index in [0.29, 0.717) is 0 Å². The fourth-order valence-electron chi connectivity index (χ4n) is 2.07. The first-order chi connectivity index (χ1) is 13.4. The Bertz CT molecular complexity index is 801. The minimum Gasteiger partial charge on any atom is -0.463 e. The molecule has 0 aromatic carbocycles. The summed E-state index contributed by atoms with van der Waals surface area (Å²) in [5.74, 6) is -2.88. The van der Waals surface area contributed by atoms with Crippen molar-refractivity contribution in [3.05, 3.63) is 11.1 Å². The van der Waals surface area contributed by atoms with Gasteiger partial charge in [-0.15, -0.1) is 34.5 Å². The largest absolute Gasteiger partial charge is 0.463 e. The van der Waals surface area contributed by atoms with Crippen LogP contribution in [-0.2, 0) is 28.8 Å². The van der Waals surface area contributed by atoms with Crippen LogP contribution in [0.3, 0.4) is 0 Å². The lowest BCUT2D eigenvalue weighted by molar-refractivity contribution is -0.146. The van der Waals surface area contributed by atoms with Crippen molar-refractivity contribution >= 4 is 69.1 Å². The second-order valence-electron chi connectivity index (χ2n) is 5.23. The topological polar surface area (TPSA) is 148 Å². The van der Waals surface area contributed by atoms with E-state index in [4.69, 9.17) is 27.9 Å². The molecule has 1 aromatic rings. The molecule has 0 aliphatic carbocycles. The second-order valence-corrected chi connectivity index (χ2v) is 6.62. The molecule has 2 heterocycles. The normalized spacial score (nSPS) is 18.5. The molecule has 0 saturated carbocycles. The highest BCUT2D eigenvalue weighted by Gasteiger charge is 2.42. The average molecular weight is 452 g/mol. The van der Waals surface area contributed by atoms with Gasteiger partial charge >= 0.3 is 5.97 Å². The third-order valence-corrected chi connectivity index (χ3v) is 4.56. The maximum absolute atomic E-state index is 12.5. The van der Waals surface area contributed by atoms with E-state index in [1.807, 2.05) is 0 Å². The van der Waals surface area contributed by atoms with Crippen molar-refractivity contribution in [2.45, 2.75) is 12.1 Å². The summed E-state index contributed by atoms with van der Waals surface area (Å²) in [4.78, 5) is 55.4. The van der Waals surface area contributed by atoms with Crippen molar-refractivity contribution < 1.29 is 28.8 Å². The number of β-lactam (4-membered cyclic amide) rings is 1. The number of halogens is 2. The van der Waals surface area contributed by atoms with E-state index in [1.54, 1.807) is 0 Å². The summed E-state index contributed by atoms with van der Waals surface area (Å²) in [6.45, 7) is -0.149. The second kappa shape index (κ2) is 10.2. The molecule has 11 nitrogen and oxygen atoms in total. The number of hydrogen-bond acceptors (Lipinski definition) is 9. The molecule has 3 N–H and O–H groups in total. The number of carbonyl (C=O) groups excluding carboxylic acids is 4. The number of alkyl halides is 2. The maximum atomic E-state index is 12.5. The molecule has 2 atom stereocenters. The highest BCUT2D eigenvalue weighted by Crippen LogP contribution is 2.17. The van der Waals surface area contributed by atoms with E-state index >= 15 is 0 Å². The van der Waals surface area contributed by atoms with Crippen molar-refractivity contribution in [3.63, 3.8) is 0 Å². The Morgan fingerprint density at radius 1 is 1.36 bits per heavy atom. The number of esters is 1. The Kier molecular flexibility index (Phi) is 7.96. The van der Waals surface area contributed by atoms with Gasteiger partial charge in [0.25, 0.3) is 5.91 Å². The van der Waals surface area contributed by atoms with Crippen LogP contribution in [-0.4, -0.2) is 71.9 Å². The van der Waals surface area contributed by atoms with Crippen LogP contribution in [0.5, 0.6) is 0 Å². The molecule has 1 aliphatic rings. The Balaban J connectivity index is 2.04. The molecule has 0 bridgehead atoms. The number of amides is 3. The van der Waals surface area contributed by atoms with Crippen LogP contribution in [0.2, 0.25) is 0 Å². The highest BCUT2D eigenvalue weighted by molar-refractivity contribution is 7.14. The number of aromatic nitrogens is 1. The van der Waals surface area contributed by atoms with Crippen molar-refractivity contribution in [3.8, 4) is 0 Å². The van der Waals surface area contributed by atoms with Crippen LogP contribution in [0.1, 0.15) is 5.69 Å². The van der Waals surface area contributed by atoms with Crippen LogP contribution in [0.25, 0.3) is 0 Å². The van der Waals surface area contributed by atoms with Gasteiger partial charge in [0.05, 0.1) is 6.04 Å². The number of ether oxygens (including phenoxy) is 1. The van der Waals surface area contributed by atoms with Gasteiger partial charge in [0.1, 0.15) is 37.2 Å². The number of nitrogens with zero attached hydrogens (tertiary/aromatic N) is 2. The van der Waals surface area contributed by atoms with Crippen LogP contribution < -0.4 is 16.0 Å². The maximum Gasteiger partial charge on any atom is 0.320 e. The first-order valence-electron chi connectivity index (χ1n) is 7.65. The van der Waals surface area contributed by atoms with Crippen LogP contribution in [0.15, 0.2) is 10.5 Å². The molecule has 1 aliphatic heterocycles. The number of hydrogen-bond donors (Lipinski definition) is 3. The fourth-order valence-corrected chi connectivity index (χ4v) is 2.92. The molecule has 3 amide bonds. The smallest absolute Gasteiger partial charge is 0.320 e. The van der Waals surface area contributed by atoms with Crippen molar-refractivity contribution in [2.75, 3.05) is 30.8 Å². The molecule has 2 unspecified atom stereocenters. The molecule has 0 spiro atoms. The zero-order chi connectivity index (χ0) is 20.7. The molecule has 152 valence electrons. The number of nitrogens with one attached hydrogen (secondary N) is 3. The molecular formula is C14H15Cl2N5O6S. The number of thiazole rings is 1. The Hall–Kier alpha value is -2.44.